The van der Waals surface area contributed by atoms with Crippen molar-refractivity contribution in [1.82, 2.24) is 20.1 Å². The summed E-state index contributed by atoms with van der Waals surface area (Å²) in [5, 5.41) is 17.5. The smallest absolute Gasteiger partial charge is 0.182 e. The number of aromatic amines is 1. The van der Waals surface area contributed by atoms with Crippen LogP contribution in [0.3, 0.4) is 0 Å². The van der Waals surface area contributed by atoms with E-state index >= 15 is 0 Å². The van der Waals surface area contributed by atoms with Crippen LogP contribution in [0.15, 0.2) is 30.3 Å². The minimum absolute atomic E-state index is 0.0321. The molecular weight excluding hydrogens is 342 g/mol. The van der Waals surface area contributed by atoms with Crippen molar-refractivity contribution >= 4 is 16.8 Å². The van der Waals surface area contributed by atoms with Crippen LogP contribution >= 0.6 is 0 Å². The second-order valence-corrected chi connectivity index (χ2v) is 7.69. The fourth-order valence-electron chi connectivity index (χ4n) is 3.68. The number of aromatic hydroxyl groups is 1. The predicted molar refractivity (Wildman–Crippen MR) is 104 cm³/mol. The van der Waals surface area contributed by atoms with E-state index in [9.17, 15) is 9.90 Å². The number of pyridine rings is 1. The first kappa shape index (κ1) is 17.6. The van der Waals surface area contributed by atoms with Crippen molar-refractivity contribution in [3.63, 3.8) is 0 Å². The number of H-pyrrole nitrogens is 1. The Morgan fingerprint density at radius 1 is 1.37 bits per heavy atom. The molecule has 3 heterocycles. The first-order chi connectivity index (χ1) is 12.8. The van der Waals surface area contributed by atoms with Crippen LogP contribution in [0.4, 0.5) is 0 Å². The number of carbonyl (C=O) groups is 1. The Hall–Kier alpha value is -2.77. The number of nitrogens with one attached hydrogen (secondary N) is 1. The van der Waals surface area contributed by atoms with E-state index in [0.29, 0.717) is 30.0 Å². The quantitative estimate of drug-likeness (QED) is 0.612. The monoisotopic (exact) mass is 365 g/mol. The molecule has 4 N–H and O–H groups in total. The van der Waals surface area contributed by atoms with E-state index < -0.39 is 0 Å². The number of rotatable bonds is 4. The number of benzene rings is 1. The molecule has 1 unspecified atom stereocenters. The summed E-state index contributed by atoms with van der Waals surface area (Å²) in [7, 11) is 0. The van der Waals surface area contributed by atoms with Gasteiger partial charge in [0, 0.05) is 35.4 Å². The predicted octanol–water partition coefficient (Wildman–Crippen LogP) is 2.24. The molecule has 4 rings (SSSR count). The number of Topliss-reactive ketones (excluding diaryl/α,β-unsaturated/α-hetero) is 1. The van der Waals surface area contributed by atoms with Gasteiger partial charge in [-0.25, -0.2) is 4.98 Å². The van der Waals surface area contributed by atoms with Crippen molar-refractivity contribution in [3.05, 3.63) is 41.6 Å². The Labute approximate surface area is 157 Å². The molecule has 140 valence electrons. The molecular formula is C20H23N5O2. The molecule has 3 aromatic rings. The molecule has 27 heavy (non-hydrogen) atoms. The third kappa shape index (κ3) is 3.43. The first-order valence-corrected chi connectivity index (χ1v) is 9.02. The summed E-state index contributed by atoms with van der Waals surface area (Å²) in [6.07, 6.45) is 0.884. The van der Waals surface area contributed by atoms with E-state index in [-0.39, 0.29) is 17.1 Å². The first-order valence-electron chi connectivity index (χ1n) is 9.02. The van der Waals surface area contributed by atoms with Crippen LogP contribution in [0.25, 0.3) is 22.3 Å². The summed E-state index contributed by atoms with van der Waals surface area (Å²) >= 11 is 0. The van der Waals surface area contributed by atoms with Crippen LogP contribution in [0, 0.1) is 6.92 Å². The molecule has 1 aromatic carbocycles. The lowest BCUT2D eigenvalue weighted by molar-refractivity contribution is 0.0944. The maximum Gasteiger partial charge on any atom is 0.182 e. The van der Waals surface area contributed by atoms with E-state index in [0.717, 1.165) is 29.6 Å². The third-order valence-corrected chi connectivity index (χ3v) is 5.12. The number of nitrogens with zero attached hydrogens (tertiary/aromatic N) is 3. The number of fused-ring (bicyclic) bond motifs is 1. The zero-order chi connectivity index (χ0) is 19.2. The van der Waals surface area contributed by atoms with E-state index in [1.807, 2.05) is 19.9 Å². The van der Waals surface area contributed by atoms with Gasteiger partial charge >= 0.3 is 0 Å². The molecule has 1 aliphatic rings. The number of hydrogen-bond donors (Lipinski definition) is 3. The minimum Gasteiger partial charge on any atom is -0.508 e. The average Bonchev–Trinajstić information content (AvgIpc) is 3.17. The van der Waals surface area contributed by atoms with Crippen molar-refractivity contribution in [3.8, 4) is 17.0 Å². The highest BCUT2D eigenvalue weighted by Gasteiger charge is 2.31. The summed E-state index contributed by atoms with van der Waals surface area (Å²) in [5.41, 5.74) is 9.38. The van der Waals surface area contributed by atoms with Gasteiger partial charge in [0.1, 0.15) is 5.75 Å². The SMILES string of the molecule is Cc1[nH]nc2nc(-c3ccc(O)cc3)cc(C(=O)CN3CCC(C)(N)C3)c12. The lowest BCUT2D eigenvalue weighted by Crippen LogP contribution is -2.40. The van der Waals surface area contributed by atoms with Gasteiger partial charge in [0.25, 0.3) is 0 Å². The van der Waals surface area contributed by atoms with Gasteiger partial charge in [-0.1, -0.05) is 0 Å². The normalized spacial score (nSPS) is 20.4. The molecule has 1 fully saturated rings. The standard InChI is InChI=1S/C20H23N5O2/c1-12-18-15(17(27)10-25-8-7-20(2,21)11-25)9-16(22-19(18)24-23-12)13-3-5-14(26)6-4-13/h3-6,9,26H,7-8,10-11,21H2,1-2H3,(H,22,23,24). The van der Waals surface area contributed by atoms with E-state index in [1.165, 1.54) is 0 Å². The maximum atomic E-state index is 13.1. The van der Waals surface area contributed by atoms with Crippen LogP contribution in [0.1, 0.15) is 29.4 Å². The van der Waals surface area contributed by atoms with Crippen LogP contribution in [0.5, 0.6) is 5.75 Å². The minimum atomic E-state index is -0.239. The van der Waals surface area contributed by atoms with Crippen LogP contribution < -0.4 is 5.73 Å². The second-order valence-electron chi connectivity index (χ2n) is 7.69. The van der Waals surface area contributed by atoms with Crippen molar-refractivity contribution < 1.29 is 9.90 Å². The Morgan fingerprint density at radius 2 is 2.11 bits per heavy atom. The number of phenols is 1. The summed E-state index contributed by atoms with van der Waals surface area (Å²) in [6.45, 7) is 5.77. The number of likely N-dealkylation sites (tertiary alicyclic amines) is 1. The van der Waals surface area contributed by atoms with Crippen LogP contribution in [-0.2, 0) is 0 Å². The van der Waals surface area contributed by atoms with Gasteiger partial charge in [-0.05, 0) is 50.6 Å². The fourth-order valence-corrected chi connectivity index (χ4v) is 3.68. The maximum absolute atomic E-state index is 13.1. The number of aromatic nitrogens is 3. The Bertz CT molecular complexity index is 1010. The number of aryl methyl sites for hydroxylation is 1. The molecule has 1 atom stereocenters. The fraction of sp³-hybridized carbons (Fsp3) is 0.350. The van der Waals surface area contributed by atoms with E-state index in [2.05, 4.69) is 20.1 Å². The summed E-state index contributed by atoms with van der Waals surface area (Å²) in [5.74, 6) is 0.218. The van der Waals surface area contributed by atoms with Gasteiger partial charge in [-0.2, -0.15) is 5.10 Å². The van der Waals surface area contributed by atoms with Crippen LogP contribution in [0.2, 0.25) is 0 Å². The van der Waals surface area contributed by atoms with Crippen molar-refractivity contribution in [2.75, 3.05) is 19.6 Å². The molecule has 0 amide bonds. The van der Waals surface area contributed by atoms with E-state index in [4.69, 9.17) is 5.73 Å². The molecule has 0 bridgehead atoms. The van der Waals surface area contributed by atoms with Gasteiger partial charge in [0.2, 0.25) is 0 Å². The van der Waals surface area contributed by atoms with Gasteiger partial charge < -0.3 is 10.8 Å². The molecule has 1 aliphatic heterocycles. The molecule has 1 saturated heterocycles. The lowest BCUT2D eigenvalue weighted by Gasteiger charge is -2.19. The Balaban J connectivity index is 1.73. The van der Waals surface area contributed by atoms with Crippen molar-refractivity contribution in [2.24, 2.45) is 5.73 Å². The molecule has 7 nitrogen and oxygen atoms in total. The average molecular weight is 365 g/mol. The molecule has 0 radical (unpaired) electrons. The summed E-state index contributed by atoms with van der Waals surface area (Å²) < 4.78 is 0. The summed E-state index contributed by atoms with van der Waals surface area (Å²) in [6, 6.07) is 8.57. The van der Waals surface area contributed by atoms with Gasteiger partial charge in [-0.15, -0.1) is 0 Å². The highest BCUT2D eigenvalue weighted by molar-refractivity contribution is 6.09. The third-order valence-electron chi connectivity index (χ3n) is 5.12. The number of hydrogen-bond acceptors (Lipinski definition) is 6. The Morgan fingerprint density at radius 3 is 2.78 bits per heavy atom. The van der Waals surface area contributed by atoms with Crippen molar-refractivity contribution in [2.45, 2.75) is 25.8 Å². The number of phenolic OH excluding ortho intramolecular Hbond substituents is 1. The number of nitrogens with two attached hydrogens (primary N) is 1. The summed E-state index contributed by atoms with van der Waals surface area (Å²) in [4.78, 5) is 19.8. The zero-order valence-electron chi connectivity index (χ0n) is 15.5. The zero-order valence-corrected chi connectivity index (χ0v) is 15.5. The largest absolute Gasteiger partial charge is 0.508 e. The van der Waals surface area contributed by atoms with Crippen LogP contribution in [-0.4, -0.2) is 56.1 Å². The Kier molecular flexibility index (Phi) is 4.20. The molecule has 0 spiro atoms. The topological polar surface area (TPSA) is 108 Å². The van der Waals surface area contributed by atoms with E-state index in [1.54, 1.807) is 24.3 Å². The number of ketones is 1. The second kappa shape index (κ2) is 6.44. The molecule has 0 aliphatic carbocycles. The van der Waals surface area contributed by atoms with Crippen molar-refractivity contribution in [1.29, 1.82) is 0 Å². The van der Waals surface area contributed by atoms with Gasteiger partial charge in [-0.3, -0.25) is 14.8 Å². The lowest BCUT2D eigenvalue weighted by atomic mass is 10.0. The molecule has 7 heteroatoms. The van der Waals surface area contributed by atoms with Gasteiger partial charge in [0.05, 0.1) is 17.6 Å². The highest BCUT2D eigenvalue weighted by Crippen LogP contribution is 2.28. The molecule has 2 aromatic heterocycles. The van der Waals surface area contributed by atoms with Gasteiger partial charge in [0.15, 0.2) is 11.4 Å². The number of carbonyl (C=O) groups excluding carboxylic acids is 1. The molecule has 0 saturated carbocycles. The highest BCUT2D eigenvalue weighted by atomic mass is 16.3.